The number of hydrogen-bond donors (Lipinski definition) is 1. The van der Waals surface area contributed by atoms with Gasteiger partial charge in [0.05, 0.1) is 6.10 Å². The summed E-state index contributed by atoms with van der Waals surface area (Å²) in [5, 5.41) is 10.4. The molecule has 0 aliphatic heterocycles. The van der Waals surface area contributed by atoms with Crippen LogP contribution in [0.2, 0.25) is 0 Å². The second-order valence-corrected chi connectivity index (χ2v) is 8.03. The fourth-order valence-corrected chi connectivity index (χ4v) is 4.33. The number of rotatable bonds is 7. The van der Waals surface area contributed by atoms with E-state index in [1.807, 2.05) is 0 Å². The topological polar surface area (TPSA) is 23.5 Å². The van der Waals surface area contributed by atoms with Gasteiger partial charge in [-0.05, 0) is 62.8 Å². The summed E-state index contributed by atoms with van der Waals surface area (Å²) in [6, 6.07) is 0.804. The second-order valence-electron chi connectivity index (χ2n) is 8.03. The van der Waals surface area contributed by atoms with Gasteiger partial charge >= 0.3 is 0 Å². The van der Waals surface area contributed by atoms with Crippen molar-refractivity contribution in [3.8, 4) is 0 Å². The summed E-state index contributed by atoms with van der Waals surface area (Å²) in [6.07, 6.45) is 11.7. The minimum Gasteiger partial charge on any atom is -0.393 e. The lowest BCUT2D eigenvalue weighted by atomic mass is 9.78. The van der Waals surface area contributed by atoms with Crippen LogP contribution in [-0.4, -0.2) is 35.2 Å². The SMILES string of the molecule is CCC1CCC(O)C(CN(CCC(C)C)C2CCCC2)C1. The minimum absolute atomic E-state index is 0.0456. The molecule has 2 aliphatic rings. The van der Waals surface area contributed by atoms with Crippen molar-refractivity contribution in [2.24, 2.45) is 17.8 Å². The normalized spacial score (nSPS) is 31.4. The van der Waals surface area contributed by atoms with Gasteiger partial charge in [-0.2, -0.15) is 0 Å². The molecule has 0 heterocycles. The molecule has 21 heavy (non-hydrogen) atoms. The molecule has 2 fully saturated rings. The largest absolute Gasteiger partial charge is 0.393 e. The van der Waals surface area contributed by atoms with Gasteiger partial charge in [-0.25, -0.2) is 0 Å². The van der Waals surface area contributed by atoms with E-state index in [4.69, 9.17) is 0 Å². The van der Waals surface area contributed by atoms with Gasteiger partial charge in [0.2, 0.25) is 0 Å². The van der Waals surface area contributed by atoms with Crippen LogP contribution in [0.3, 0.4) is 0 Å². The third kappa shape index (κ3) is 5.25. The lowest BCUT2D eigenvalue weighted by molar-refractivity contribution is 0.0174. The zero-order valence-electron chi connectivity index (χ0n) is 14.6. The van der Waals surface area contributed by atoms with Crippen molar-refractivity contribution in [2.45, 2.75) is 90.7 Å². The van der Waals surface area contributed by atoms with E-state index in [-0.39, 0.29) is 6.10 Å². The average molecular weight is 296 g/mol. The van der Waals surface area contributed by atoms with Crippen LogP contribution in [0.5, 0.6) is 0 Å². The average Bonchev–Trinajstić information content (AvgIpc) is 2.99. The van der Waals surface area contributed by atoms with Crippen LogP contribution in [0, 0.1) is 17.8 Å². The Kier molecular flexibility index (Phi) is 7.01. The molecule has 124 valence electrons. The molecule has 2 nitrogen and oxygen atoms in total. The number of aliphatic hydroxyl groups is 1. The van der Waals surface area contributed by atoms with E-state index in [0.29, 0.717) is 5.92 Å². The molecule has 0 aromatic rings. The van der Waals surface area contributed by atoms with Gasteiger partial charge in [0.25, 0.3) is 0 Å². The second kappa shape index (κ2) is 8.53. The Balaban J connectivity index is 1.92. The zero-order chi connectivity index (χ0) is 15.2. The molecule has 3 atom stereocenters. The van der Waals surface area contributed by atoms with Gasteiger partial charge < -0.3 is 10.0 Å². The fraction of sp³-hybridized carbons (Fsp3) is 1.00. The van der Waals surface area contributed by atoms with Crippen molar-refractivity contribution in [3.63, 3.8) is 0 Å². The van der Waals surface area contributed by atoms with Gasteiger partial charge in [0.15, 0.2) is 0 Å². The van der Waals surface area contributed by atoms with Crippen LogP contribution in [0.25, 0.3) is 0 Å². The lowest BCUT2D eigenvalue weighted by Gasteiger charge is -2.39. The highest BCUT2D eigenvalue weighted by atomic mass is 16.3. The fourth-order valence-electron chi connectivity index (χ4n) is 4.33. The quantitative estimate of drug-likeness (QED) is 0.749. The molecular formula is C19H37NO. The predicted molar refractivity (Wildman–Crippen MR) is 90.4 cm³/mol. The highest BCUT2D eigenvalue weighted by molar-refractivity contribution is 4.85. The summed E-state index contributed by atoms with van der Waals surface area (Å²) >= 11 is 0. The summed E-state index contributed by atoms with van der Waals surface area (Å²) in [6.45, 7) is 9.36. The van der Waals surface area contributed by atoms with Crippen molar-refractivity contribution < 1.29 is 5.11 Å². The van der Waals surface area contributed by atoms with Gasteiger partial charge in [-0.3, -0.25) is 0 Å². The Labute approximate surface area is 132 Å². The minimum atomic E-state index is -0.0456. The summed E-state index contributed by atoms with van der Waals surface area (Å²) in [7, 11) is 0. The Morgan fingerprint density at radius 1 is 1.10 bits per heavy atom. The molecule has 2 aliphatic carbocycles. The summed E-state index contributed by atoms with van der Waals surface area (Å²) in [5.74, 6) is 2.17. The van der Waals surface area contributed by atoms with Crippen LogP contribution in [0.15, 0.2) is 0 Å². The molecule has 1 N–H and O–H groups in total. The summed E-state index contributed by atoms with van der Waals surface area (Å²) in [4.78, 5) is 2.75. The first-order chi connectivity index (χ1) is 10.1. The molecule has 2 heteroatoms. The molecule has 0 spiro atoms. The van der Waals surface area contributed by atoms with Crippen LogP contribution in [0.1, 0.15) is 78.6 Å². The standard InChI is InChI=1S/C19H37NO/c1-4-16-9-10-19(21)17(13-16)14-20(12-11-15(2)3)18-7-5-6-8-18/h15-19,21H,4-14H2,1-3H3. The Morgan fingerprint density at radius 3 is 2.43 bits per heavy atom. The summed E-state index contributed by atoms with van der Waals surface area (Å²) < 4.78 is 0. The van der Waals surface area contributed by atoms with Crippen molar-refractivity contribution in [1.82, 2.24) is 4.90 Å². The molecule has 0 bridgehead atoms. The van der Waals surface area contributed by atoms with Crippen molar-refractivity contribution in [2.75, 3.05) is 13.1 Å². The van der Waals surface area contributed by atoms with Crippen molar-refractivity contribution in [1.29, 1.82) is 0 Å². The van der Waals surface area contributed by atoms with Gasteiger partial charge in [-0.15, -0.1) is 0 Å². The van der Waals surface area contributed by atoms with E-state index in [1.54, 1.807) is 0 Å². The van der Waals surface area contributed by atoms with E-state index in [0.717, 1.165) is 30.8 Å². The van der Waals surface area contributed by atoms with Crippen molar-refractivity contribution in [3.05, 3.63) is 0 Å². The molecule has 0 saturated heterocycles. The van der Waals surface area contributed by atoms with E-state index < -0.39 is 0 Å². The first-order valence-corrected chi connectivity index (χ1v) is 9.52. The maximum absolute atomic E-state index is 10.4. The molecule has 0 aromatic carbocycles. The van der Waals surface area contributed by atoms with Gasteiger partial charge in [0.1, 0.15) is 0 Å². The first kappa shape index (κ1) is 17.3. The number of hydrogen-bond acceptors (Lipinski definition) is 2. The van der Waals surface area contributed by atoms with Crippen LogP contribution in [-0.2, 0) is 0 Å². The van der Waals surface area contributed by atoms with Crippen LogP contribution >= 0.6 is 0 Å². The molecule has 2 rings (SSSR count). The highest BCUT2D eigenvalue weighted by Gasteiger charge is 2.32. The van der Waals surface area contributed by atoms with Gasteiger partial charge in [0, 0.05) is 12.6 Å². The van der Waals surface area contributed by atoms with E-state index >= 15 is 0 Å². The van der Waals surface area contributed by atoms with E-state index in [2.05, 4.69) is 25.7 Å². The molecule has 0 aromatic heterocycles. The first-order valence-electron chi connectivity index (χ1n) is 9.52. The maximum Gasteiger partial charge on any atom is 0.0580 e. The Bertz CT molecular complexity index is 285. The molecule has 0 radical (unpaired) electrons. The summed E-state index contributed by atoms with van der Waals surface area (Å²) in [5.41, 5.74) is 0. The van der Waals surface area contributed by atoms with Gasteiger partial charge in [-0.1, -0.05) is 40.0 Å². The highest BCUT2D eigenvalue weighted by Crippen LogP contribution is 2.33. The van der Waals surface area contributed by atoms with E-state index in [1.165, 1.54) is 57.9 Å². The zero-order valence-corrected chi connectivity index (χ0v) is 14.6. The number of nitrogens with zero attached hydrogens (tertiary/aromatic N) is 1. The molecule has 3 unspecified atom stereocenters. The Morgan fingerprint density at radius 2 is 1.81 bits per heavy atom. The monoisotopic (exact) mass is 295 g/mol. The van der Waals surface area contributed by atoms with Crippen LogP contribution in [0.4, 0.5) is 0 Å². The van der Waals surface area contributed by atoms with Crippen LogP contribution < -0.4 is 0 Å². The maximum atomic E-state index is 10.4. The third-order valence-corrected chi connectivity index (χ3v) is 5.93. The van der Waals surface area contributed by atoms with Crippen molar-refractivity contribution >= 4 is 0 Å². The Hall–Kier alpha value is -0.0800. The number of aliphatic hydroxyl groups excluding tert-OH is 1. The molecule has 2 saturated carbocycles. The lowest BCUT2D eigenvalue weighted by Crippen LogP contribution is -2.43. The molecular weight excluding hydrogens is 258 g/mol. The van der Waals surface area contributed by atoms with E-state index in [9.17, 15) is 5.11 Å². The smallest absolute Gasteiger partial charge is 0.0580 e. The third-order valence-electron chi connectivity index (χ3n) is 5.93. The predicted octanol–water partition coefficient (Wildman–Crippen LogP) is 4.46. The molecule has 0 amide bonds.